The van der Waals surface area contributed by atoms with Gasteiger partial charge in [0, 0.05) is 51.4 Å². The van der Waals surface area contributed by atoms with Crippen LogP contribution in [0.1, 0.15) is 30.1 Å². The maximum atomic E-state index is 12.4. The third kappa shape index (κ3) is 5.70. The van der Waals surface area contributed by atoms with Crippen molar-refractivity contribution in [2.24, 2.45) is 0 Å². The van der Waals surface area contributed by atoms with E-state index in [9.17, 15) is 19.5 Å². The average Bonchev–Trinajstić information content (AvgIpc) is 2.75. The van der Waals surface area contributed by atoms with Gasteiger partial charge >= 0.3 is 5.97 Å². The van der Waals surface area contributed by atoms with Gasteiger partial charge in [0.2, 0.25) is 11.8 Å². The Kier molecular flexibility index (Phi) is 7.64. The zero-order valence-electron chi connectivity index (χ0n) is 17.4. The molecule has 0 unspecified atom stereocenters. The van der Waals surface area contributed by atoms with Gasteiger partial charge in [-0.25, -0.2) is 4.79 Å². The van der Waals surface area contributed by atoms with Gasteiger partial charge in [-0.2, -0.15) is 0 Å². The van der Waals surface area contributed by atoms with Crippen LogP contribution in [0.25, 0.3) is 0 Å². The van der Waals surface area contributed by atoms with E-state index in [1.54, 1.807) is 12.1 Å². The molecule has 2 saturated heterocycles. The summed E-state index contributed by atoms with van der Waals surface area (Å²) >= 11 is 0. The van der Waals surface area contributed by atoms with E-state index in [0.29, 0.717) is 64.5 Å². The third-order valence-corrected chi connectivity index (χ3v) is 5.44. The van der Waals surface area contributed by atoms with Crippen molar-refractivity contribution in [3.05, 3.63) is 23.8 Å². The fourth-order valence-corrected chi connectivity index (χ4v) is 3.72. The second-order valence-electron chi connectivity index (χ2n) is 7.59. The monoisotopic (exact) mass is 418 g/mol. The molecule has 0 saturated carbocycles. The molecule has 2 amide bonds. The van der Waals surface area contributed by atoms with Crippen molar-refractivity contribution in [2.75, 3.05) is 69.2 Å². The number of amides is 2. The van der Waals surface area contributed by atoms with E-state index >= 15 is 0 Å². The molecule has 2 fully saturated rings. The molecule has 164 valence electrons. The van der Waals surface area contributed by atoms with Crippen LogP contribution in [0.4, 0.5) is 11.4 Å². The van der Waals surface area contributed by atoms with Gasteiger partial charge in [-0.15, -0.1) is 0 Å². The largest absolute Gasteiger partial charge is 0.478 e. The van der Waals surface area contributed by atoms with Crippen LogP contribution in [0.3, 0.4) is 0 Å². The van der Waals surface area contributed by atoms with Crippen molar-refractivity contribution in [3.8, 4) is 0 Å². The maximum Gasteiger partial charge on any atom is 0.337 e. The van der Waals surface area contributed by atoms with Gasteiger partial charge in [0.15, 0.2) is 0 Å². The number of hydrogen-bond donors (Lipinski definition) is 2. The molecule has 0 aromatic heterocycles. The Labute approximate surface area is 176 Å². The zero-order chi connectivity index (χ0) is 21.5. The quantitative estimate of drug-likeness (QED) is 0.684. The highest BCUT2D eigenvalue weighted by atomic mass is 16.5. The average molecular weight is 418 g/mol. The van der Waals surface area contributed by atoms with Crippen molar-refractivity contribution >= 4 is 29.2 Å². The number of morpholine rings is 1. The lowest BCUT2D eigenvalue weighted by atomic mass is 10.1. The molecule has 0 radical (unpaired) electrons. The van der Waals surface area contributed by atoms with Gasteiger partial charge in [-0.3, -0.25) is 14.5 Å². The fraction of sp³-hybridized carbons (Fsp3) is 0.571. The van der Waals surface area contributed by atoms with E-state index in [4.69, 9.17) is 4.74 Å². The number of piperazine rings is 1. The van der Waals surface area contributed by atoms with E-state index in [1.807, 2.05) is 17.9 Å². The van der Waals surface area contributed by atoms with Crippen LogP contribution in [0.5, 0.6) is 0 Å². The maximum absolute atomic E-state index is 12.4. The van der Waals surface area contributed by atoms with Crippen molar-refractivity contribution in [1.29, 1.82) is 0 Å². The molecule has 3 rings (SSSR count). The second kappa shape index (κ2) is 10.4. The van der Waals surface area contributed by atoms with Crippen LogP contribution >= 0.6 is 0 Å². The molecular formula is C21H30N4O5. The molecule has 0 spiro atoms. The van der Waals surface area contributed by atoms with Crippen LogP contribution in [-0.2, 0) is 14.3 Å². The van der Waals surface area contributed by atoms with E-state index in [2.05, 4.69) is 15.1 Å². The molecule has 0 bridgehead atoms. The fourth-order valence-electron chi connectivity index (χ4n) is 3.72. The molecule has 1 aromatic carbocycles. The van der Waals surface area contributed by atoms with Crippen molar-refractivity contribution in [2.45, 2.75) is 19.8 Å². The Balaban J connectivity index is 1.58. The summed E-state index contributed by atoms with van der Waals surface area (Å²) < 4.78 is 5.29. The summed E-state index contributed by atoms with van der Waals surface area (Å²) in [4.78, 5) is 42.1. The lowest BCUT2D eigenvalue weighted by Crippen LogP contribution is -2.51. The number of carbonyl (C=O) groups excluding carboxylic acids is 2. The number of nitrogens with one attached hydrogen (secondary N) is 1. The van der Waals surface area contributed by atoms with Gasteiger partial charge in [-0.05, 0) is 24.6 Å². The Hall–Kier alpha value is -2.65. The summed E-state index contributed by atoms with van der Waals surface area (Å²) in [5.41, 5.74) is 1.21. The zero-order valence-corrected chi connectivity index (χ0v) is 17.4. The number of ether oxygens (including phenoxy) is 1. The number of benzene rings is 1. The number of anilines is 2. The van der Waals surface area contributed by atoms with E-state index in [-0.39, 0.29) is 17.4 Å². The van der Waals surface area contributed by atoms with Crippen LogP contribution in [0.15, 0.2) is 18.2 Å². The number of hydrogen-bond acceptors (Lipinski definition) is 6. The summed E-state index contributed by atoms with van der Waals surface area (Å²) in [5.74, 6) is -1.13. The van der Waals surface area contributed by atoms with Gasteiger partial charge in [0.1, 0.15) is 0 Å². The predicted molar refractivity (Wildman–Crippen MR) is 113 cm³/mol. The molecule has 2 aliphatic rings. The highest BCUT2D eigenvalue weighted by molar-refractivity contribution is 6.01. The van der Waals surface area contributed by atoms with Gasteiger partial charge in [0.25, 0.3) is 0 Å². The van der Waals surface area contributed by atoms with Crippen LogP contribution < -0.4 is 10.2 Å². The molecule has 2 aliphatic heterocycles. The molecule has 2 heterocycles. The summed E-state index contributed by atoms with van der Waals surface area (Å²) in [7, 11) is 0. The number of carbonyl (C=O) groups is 3. The smallest absolute Gasteiger partial charge is 0.337 e. The lowest BCUT2D eigenvalue weighted by Gasteiger charge is -2.37. The topological polar surface area (TPSA) is 102 Å². The number of nitrogens with zero attached hydrogens (tertiary/aromatic N) is 3. The summed E-state index contributed by atoms with van der Waals surface area (Å²) in [6.07, 6.45) is 1.05. The molecule has 1 aromatic rings. The summed E-state index contributed by atoms with van der Waals surface area (Å²) in [6.45, 7) is 7.66. The van der Waals surface area contributed by atoms with E-state index in [1.165, 1.54) is 0 Å². The Morgan fingerprint density at radius 3 is 2.40 bits per heavy atom. The number of carboxylic acids is 1. The first-order chi connectivity index (χ1) is 14.5. The Bertz CT molecular complexity index is 771. The summed E-state index contributed by atoms with van der Waals surface area (Å²) in [5, 5.41) is 12.3. The number of rotatable bonds is 7. The Morgan fingerprint density at radius 1 is 1.07 bits per heavy atom. The molecular weight excluding hydrogens is 388 g/mol. The minimum absolute atomic E-state index is 0.0851. The van der Waals surface area contributed by atoms with Gasteiger partial charge < -0.3 is 25.0 Å². The van der Waals surface area contributed by atoms with Crippen LogP contribution in [0.2, 0.25) is 0 Å². The standard InChI is InChI=1S/C21H30N4O5/c1-2-3-19(26)22-18-5-4-16(14-17(18)21(28)29)24-8-6-23(7-9-24)15-20(27)25-10-12-30-13-11-25/h4-5,14H,2-3,6-13,15H2,1H3,(H,22,26)(H,28,29). The lowest BCUT2D eigenvalue weighted by molar-refractivity contribution is -0.136. The van der Waals surface area contributed by atoms with Crippen LogP contribution in [-0.4, -0.2) is 91.7 Å². The normalized spacial score (nSPS) is 17.6. The first kappa shape index (κ1) is 22.0. The van der Waals surface area contributed by atoms with Crippen molar-refractivity contribution in [1.82, 2.24) is 9.80 Å². The summed E-state index contributed by atoms with van der Waals surface area (Å²) in [6, 6.07) is 5.10. The first-order valence-corrected chi connectivity index (χ1v) is 10.5. The minimum Gasteiger partial charge on any atom is -0.478 e. The molecule has 0 aliphatic carbocycles. The SMILES string of the molecule is CCCC(=O)Nc1ccc(N2CCN(CC(=O)N3CCOCC3)CC2)cc1C(=O)O. The molecule has 30 heavy (non-hydrogen) atoms. The Morgan fingerprint density at radius 2 is 1.77 bits per heavy atom. The van der Waals surface area contributed by atoms with E-state index in [0.717, 1.165) is 18.8 Å². The molecule has 9 heteroatoms. The second-order valence-corrected chi connectivity index (χ2v) is 7.59. The molecule has 2 N–H and O–H groups in total. The number of aromatic carboxylic acids is 1. The van der Waals surface area contributed by atoms with Crippen molar-refractivity contribution in [3.63, 3.8) is 0 Å². The van der Waals surface area contributed by atoms with Crippen LogP contribution in [0, 0.1) is 0 Å². The van der Waals surface area contributed by atoms with Gasteiger partial charge in [-0.1, -0.05) is 6.92 Å². The van der Waals surface area contributed by atoms with Crippen molar-refractivity contribution < 1.29 is 24.2 Å². The predicted octanol–water partition coefficient (Wildman–Crippen LogP) is 1.10. The molecule has 9 nitrogen and oxygen atoms in total. The number of carboxylic acid groups (broad SMARTS) is 1. The first-order valence-electron chi connectivity index (χ1n) is 10.5. The van der Waals surface area contributed by atoms with Gasteiger partial charge in [0.05, 0.1) is 31.0 Å². The third-order valence-electron chi connectivity index (χ3n) is 5.44. The van der Waals surface area contributed by atoms with E-state index < -0.39 is 5.97 Å². The highest BCUT2D eigenvalue weighted by Gasteiger charge is 2.24. The minimum atomic E-state index is -1.07. The highest BCUT2D eigenvalue weighted by Crippen LogP contribution is 2.25. The molecule has 0 atom stereocenters.